The minimum atomic E-state index is -1.45. The lowest BCUT2D eigenvalue weighted by Gasteiger charge is -1.94. The number of nitrogens with two attached hydrogens (primary N) is 1. The molecule has 1 aromatic rings. The number of carboxylic acid groups (broad SMARTS) is 1. The number of aromatic nitrogens is 3. The van der Waals surface area contributed by atoms with E-state index < -0.39 is 22.9 Å². The van der Waals surface area contributed by atoms with Crippen LogP contribution in [0.3, 0.4) is 0 Å². The van der Waals surface area contributed by atoms with Crippen molar-refractivity contribution in [2.24, 2.45) is 5.73 Å². The maximum atomic E-state index is 10.3. The Balaban J connectivity index is 2.91. The Bertz CT molecular complexity index is 346. The van der Waals surface area contributed by atoms with E-state index in [4.69, 9.17) is 10.8 Å². The lowest BCUT2D eigenvalue weighted by atomic mass is 10.3. The van der Waals surface area contributed by atoms with Gasteiger partial charge in [0, 0.05) is 0 Å². The largest absolute Gasteiger partial charge is 0.480 e. The molecule has 0 fully saturated rings. The Kier molecular flexibility index (Phi) is 2.19. The molecule has 1 heterocycles. The van der Waals surface area contributed by atoms with Crippen molar-refractivity contribution in [1.29, 1.82) is 0 Å². The minimum absolute atomic E-state index is 0.320. The van der Waals surface area contributed by atoms with Crippen LogP contribution in [0.15, 0.2) is 0 Å². The van der Waals surface area contributed by atoms with E-state index in [1.165, 1.54) is 0 Å². The first-order valence-corrected chi connectivity index (χ1v) is 3.07. The molecule has 1 rings (SSSR count). The SMILES string of the molecule is NC(C(=O)O)c1n[nH]c([N+](=O)[O-])n1. The van der Waals surface area contributed by atoms with Crippen LogP contribution in [0.25, 0.3) is 0 Å². The summed E-state index contributed by atoms with van der Waals surface area (Å²) in [7, 11) is 0. The van der Waals surface area contributed by atoms with Crippen molar-refractivity contribution in [3.8, 4) is 0 Å². The molecule has 9 heteroatoms. The highest BCUT2D eigenvalue weighted by molar-refractivity contribution is 5.73. The number of rotatable bonds is 3. The van der Waals surface area contributed by atoms with Crippen molar-refractivity contribution in [1.82, 2.24) is 15.2 Å². The first-order valence-electron chi connectivity index (χ1n) is 3.07. The summed E-state index contributed by atoms with van der Waals surface area (Å²) in [6, 6.07) is -1.45. The molecule has 1 unspecified atom stereocenters. The number of carbonyl (C=O) groups is 1. The minimum Gasteiger partial charge on any atom is -0.480 e. The number of aliphatic carboxylic acids is 1. The average Bonchev–Trinajstić information content (AvgIpc) is 2.50. The number of carboxylic acids is 1. The van der Waals surface area contributed by atoms with Crippen LogP contribution in [0.1, 0.15) is 11.9 Å². The van der Waals surface area contributed by atoms with Crippen molar-refractivity contribution in [2.75, 3.05) is 0 Å². The molecule has 0 aliphatic heterocycles. The van der Waals surface area contributed by atoms with E-state index in [0.29, 0.717) is 0 Å². The van der Waals surface area contributed by atoms with Crippen LogP contribution in [-0.4, -0.2) is 31.2 Å². The third-order valence-electron chi connectivity index (χ3n) is 1.21. The fourth-order valence-corrected chi connectivity index (χ4v) is 0.597. The molecule has 1 aromatic heterocycles. The van der Waals surface area contributed by atoms with E-state index in [2.05, 4.69) is 10.1 Å². The zero-order valence-electron chi connectivity index (χ0n) is 6.17. The lowest BCUT2D eigenvalue weighted by Crippen LogP contribution is -2.21. The van der Waals surface area contributed by atoms with Crippen molar-refractivity contribution < 1.29 is 14.8 Å². The Morgan fingerprint density at radius 1 is 1.77 bits per heavy atom. The van der Waals surface area contributed by atoms with Crippen molar-refractivity contribution in [2.45, 2.75) is 6.04 Å². The summed E-state index contributed by atoms with van der Waals surface area (Å²) in [5.74, 6) is -2.31. The fraction of sp³-hybridized carbons (Fsp3) is 0.250. The molecule has 4 N–H and O–H groups in total. The second kappa shape index (κ2) is 3.15. The Hall–Kier alpha value is -2.03. The molecule has 9 nitrogen and oxygen atoms in total. The van der Waals surface area contributed by atoms with Gasteiger partial charge in [0.15, 0.2) is 6.04 Å². The van der Waals surface area contributed by atoms with Gasteiger partial charge in [-0.05, 0) is 9.91 Å². The summed E-state index contributed by atoms with van der Waals surface area (Å²) >= 11 is 0. The number of nitrogens with zero attached hydrogens (tertiary/aromatic N) is 3. The van der Waals surface area contributed by atoms with E-state index in [9.17, 15) is 14.9 Å². The predicted molar refractivity (Wildman–Crippen MR) is 37.6 cm³/mol. The first-order chi connectivity index (χ1) is 6.02. The number of nitrogens with one attached hydrogen (secondary N) is 1. The molecule has 0 saturated carbocycles. The van der Waals surface area contributed by atoms with E-state index in [-0.39, 0.29) is 5.82 Å². The van der Waals surface area contributed by atoms with Crippen LogP contribution < -0.4 is 5.73 Å². The summed E-state index contributed by atoms with van der Waals surface area (Å²) in [6.07, 6.45) is 0. The highest BCUT2D eigenvalue weighted by Crippen LogP contribution is 2.07. The van der Waals surface area contributed by atoms with Gasteiger partial charge in [-0.15, -0.1) is 5.10 Å². The Morgan fingerprint density at radius 2 is 2.38 bits per heavy atom. The van der Waals surface area contributed by atoms with E-state index in [1.807, 2.05) is 5.10 Å². The summed E-state index contributed by atoms with van der Waals surface area (Å²) in [6.45, 7) is 0. The zero-order valence-corrected chi connectivity index (χ0v) is 6.17. The van der Waals surface area contributed by atoms with Gasteiger partial charge in [-0.2, -0.15) is 0 Å². The summed E-state index contributed by atoms with van der Waals surface area (Å²) in [5.41, 5.74) is 5.08. The van der Waals surface area contributed by atoms with Gasteiger partial charge in [-0.3, -0.25) is 0 Å². The smallest absolute Gasteiger partial charge is 0.453 e. The normalized spacial score (nSPS) is 12.4. The fourth-order valence-electron chi connectivity index (χ4n) is 0.597. The van der Waals surface area contributed by atoms with Gasteiger partial charge >= 0.3 is 11.9 Å². The molecule has 0 aliphatic rings. The molecule has 0 spiro atoms. The molecule has 1 atom stereocenters. The quantitative estimate of drug-likeness (QED) is 0.397. The van der Waals surface area contributed by atoms with Crippen molar-refractivity contribution >= 4 is 11.9 Å². The van der Waals surface area contributed by atoms with Crippen LogP contribution >= 0.6 is 0 Å². The maximum absolute atomic E-state index is 10.3. The van der Waals surface area contributed by atoms with Crippen molar-refractivity contribution in [3.63, 3.8) is 0 Å². The van der Waals surface area contributed by atoms with Gasteiger partial charge in [-0.1, -0.05) is 5.10 Å². The Labute approximate surface area is 70.7 Å². The van der Waals surface area contributed by atoms with Gasteiger partial charge in [0.2, 0.25) is 0 Å². The van der Waals surface area contributed by atoms with E-state index in [1.54, 1.807) is 0 Å². The molecule has 0 radical (unpaired) electrons. The summed E-state index contributed by atoms with van der Waals surface area (Å²) in [4.78, 5) is 22.8. The van der Waals surface area contributed by atoms with Crippen LogP contribution in [0.2, 0.25) is 0 Å². The number of hydrogen-bond acceptors (Lipinski definition) is 6. The summed E-state index contributed by atoms with van der Waals surface area (Å²) in [5, 5.41) is 23.7. The third kappa shape index (κ3) is 1.76. The van der Waals surface area contributed by atoms with Crippen LogP contribution in [0, 0.1) is 10.1 Å². The van der Waals surface area contributed by atoms with Crippen LogP contribution in [0.4, 0.5) is 5.95 Å². The number of H-pyrrole nitrogens is 1. The topological polar surface area (TPSA) is 148 Å². The van der Waals surface area contributed by atoms with Crippen LogP contribution in [-0.2, 0) is 4.79 Å². The highest BCUT2D eigenvalue weighted by atomic mass is 16.6. The summed E-state index contributed by atoms with van der Waals surface area (Å²) < 4.78 is 0. The van der Waals surface area contributed by atoms with Gasteiger partial charge in [0.1, 0.15) is 0 Å². The molecule has 70 valence electrons. The van der Waals surface area contributed by atoms with Crippen LogP contribution in [0.5, 0.6) is 0 Å². The lowest BCUT2D eigenvalue weighted by molar-refractivity contribution is -0.394. The second-order valence-corrected chi connectivity index (χ2v) is 2.09. The number of hydrogen-bond donors (Lipinski definition) is 3. The Morgan fingerprint density at radius 3 is 2.77 bits per heavy atom. The monoisotopic (exact) mass is 187 g/mol. The predicted octanol–water partition coefficient (Wildman–Crippen LogP) is -1.20. The highest BCUT2D eigenvalue weighted by Gasteiger charge is 2.25. The zero-order chi connectivity index (χ0) is 10.0. The van der Waals surface area contributed by atoms with Crippen molar-refractivity contribution in [3.05, 3.63) is 15.9 Å². The molecule has 13 heavy (non-hydrogen) atoms. The first kappa shape index (κ1) is 9.06. The molecule has 0 bridgehead atoms. The van der Waals surface area contributed by atoms with Gasteiger partial charge in [0.25, 0.3) is 5.82 Å². The maximum Gasteiger partial charge on any atom is 0.453 e. The molecular formula is C4H5N5O4. The molecule has 0 aliphatic carbocycles. The number of aromatic amines is 1. The third-order valence-corrected chi connectivity index (χ3v) is 1.21. The van der Waals surface area contributed by atoms with Gasteiger partial charge in [0.05, 0.1) is 0 Å². The standard InChI is InChI=1S/C4H5N5O4/c5-1(3(10)11)2-6-4(8-7-2)9(12)13/h1H,5H2,(H,10,11)(H,6,7,8). The molecular weight excluding hydrogens is 182 g/mol. The average molecular weight is 187 g/mol. The van der Waals surface area contributed by atoms with Gasteiger partial charge in [-0.25, -0.2) is 4.79 Å². The van der Waals surface area contributed by atoms with E-state index >= 15 is 0 Å². The second-order valence-electron chi connectivity index (χ2n) is 2.09. The van der Waals surface area contributed by atoms with E-state index in [0.717, 1.165) is 0 Å². The molecule has 0 amide bonds. The molecule has 0 saturated heterocycles. The molecule has 0 aromatic carbocycles. The van der Waals surface area contributed by atoms with Gasteiger partial charge < -0.3 is 21.0 Å². The number of nitro groups is 1.